The predicted octanol–water partition coefficient (Wildman–Crippen LogP) is 3.17. The molecule has 15 heavy (non-hydrogen) atoms. The molecule has 0 saturated heterocycles. The van der Waals surface area contributed by atoms with Crippen LogP contribution >= 0.6 is 11.3 Å². The quantitative estimate of drug-likeness (QED) is 0.478. The number of oxime groups is 1. The summed E-state index contributed by atoms with van der Waals surface area (Å²) in [5.41, 5.74) is 2.84. The lowest BCUT2D eigenvalue weighted by molar-refractivity contribution is 0.318. The molecule has 2 nitrogen and oxygen atoms in total. The van der Waals surface area contributed by atoms with Gasteiger partial charge in [0.05, 0.1) is 5.71 Å². The molecular formula is C12H11NOS. The van der Waals surface area contributed by atoms with Gasteiger partial charge in [-0.1, -0.05) is 35.5 Å². The number of rotatable bonds is 3. The Morgan fingerprint density at radius 2 is 2.00 bits per heavy atom. The highest BCUT2D eigenvalue weighted by atomic mass is 32.1. The summed E-state index contributed by atoms with van der Waals surface area (Å²) in [5, 5.41) is 16.4. The van der Waals surface area contributed by atoms with Crippen LogP contribution in [0.2, 0.25) is 0 Å². The number of benzene rings is 1. The average molecular weight is 217 g/mol. The summed E-state index contributed by atoms with van der Waals surface area (Å²) in [5.74, 6) is 0. The standard InChI is InChI=1S/C12H11NOS/c14-13-12(8-10-6-7-15-9-10)11-4-2-1-3-5-11/h1-7,9,14H,8H2/b13-12+. The summed E-state index contributed by atoms with van der Waals surface area (Å²) in [6.07, 6.45) is 0.671. The molecule has 3 heteroatoms. The van der Waals surface area contributed by atoms with Crippen molar-refractivity contribution in [3.63, 3.8) is 0 Å². The predicted molar refractivity (Wildman–Crippen MR) is 62.8 cm³/mol. The van der Waals surface area contributed by atoms with Crippen LogP contribution in [-0.4, -0.2) is 10.9 Å². The third-order valence-electron chi connectivity index (χ3n) is 2.18. The van der Waals surface area contributed by atoms with Gasteiger partial charge in [0.2, 0.25) is 0 Å². The van der Waals surface area contributed by atoms with Crippen molar-refractivity contribution in [3.05, 3.63) is 58.3 Å². The van der Waals surface area contributed by atoms with Crippen molar-refractivity contribution in [2.24, 2.45) is 5.16 Å². The highest BCUT2D eigenvalue weighted by molar-refractivity contribution is 7.08. The van der Waals surface area contributed by atoms with E-state index in [4.69, 9.17) is 5.21 Å². The van der Waals surface area contributed by atoms with Gasteiger partial charge < -0.3 is 5.21 Å². The van der Waals surface area contributed by atoms with Crippen molar-refractivity contribution in [2.45, 2.75) is 6.42 Å². The van der Waals surface area contributed by atoms with Gasteiger partial charge in [-0.05, 0) is 28.0 Å². The highest BCUT2D eigenvalue weighted by Gasteiger charge is 2.05. The molecule has 0 aliphatic rings. The van der Waals surface area contributed by atoms with Crippen molar-refractivity contribution in [1.29, 1.82) is 0 Å². The summed E-state index contributed by atoms with van der Waals surface area (Å²) in [7, 11) is 0. The third-order valence-corrected chi connectivity index (χ3v) is 2.91. The first-order valence-electron chi connectivity index (χ1n) is 4.67. The fourth-order valence-electron chi connectivity index (χ4n) is 1.41. The molecule has 2 aromatic rings. The van der Waals surface area contributed by atoms with E-state index in [1.807, 2.05) is 41.8 Å². The van der Waals surface area contributed by atoms with Crippen LogP contribution in [0.5, 0.6) is 0 Å². The molecular weight excluding hydrogens is 206 g/mol. The van der Waals surface area contributed by atoms with E-state index in [9.17, 15) is 0 Å². The fraction of sp³-hybridized carbons (Fsp3) is 0.0833. The summed E-state index contributed by atoms with van der Waals surface area (Å²) in [4.78, 5) is 0. The number of hydrogen-bond donors (Lipinski definition) is 1. The lowest BCUT2D eigenvalue weighted by Gasteiger charge is -2.02. The number of thiophene rings is 1. The second-order valence-electron chi connectivity index (χ2n) is 3.22. The molecule has 0 bridgehead atoms. The van der Waals surface area contributed by atoms with E-state index < -0.39 is 0 Å². The zero-order valence-corrected chi connectivity index (χ0v) is 8.95. The normalized spacial score (nSPS) is 11.6. The van der Waals surface area contributed by atoms with Crippen molar-refractivity contribution in [2.75, 3.05) is 0 Å². The Hall–Kier alpha value is -1.61. The maximum atomic E-state index is 8.97. The third kappa shape index (κ3) is 2.44. The van der Waals surface area contributed by atoms with Gasteiger partial charge in [0, 0.05) is 6.42 Å². The molecule has 1 aromatic carbocycles. The Balaban J connectivity index is 2.20. The van der Waals surface area contributed by atoms with Gasteiger partial charge >= 0.3 is 0 Å². The van der Waals surface area contributed by atoms with E-state index in [-0.39, 0.29) is 0 Å². The highest BCUT2D eigenvalue weighted by Crippen LogP contribution is 2.11. The number of nitrogens with zero attached hydrogens (tertiary/aromatic N) is 1. The van der Waals surface area contributed by atoms with Gasteiger partial charge in [0.1, 0.15) is 0 Å². The van der Waals surface area contributed by atoms with E-state index in [1.165, 1.54) is 5.56 Å². The van der Waals surface area contributed by atoms with Crippen molar-refractivity contribution < 1.29 is 5.21 Å². The molecule has 2 rings (SSSR count). The molecule has 0 aliphatic heterocycles. The van der Waals surface area contributed by atoms with Gasteiger partial charge in [0.15, 0.2) is 0 Å². The minimum absolute atomic E-state index is 0.671. The zero-order valence-electron chi connectivity index (χ0n) is 8.13. The Bertz CT molecular complexity index is 434. The lowest BCUT2D eigenvalue weighted by Crippen LogP contribution is -2.04. The van der Waals surface area contributed by atoms with Crippen molar-refractivity contribution >= 4 is 17.0 Å². The van der Waals surface area contributed by atoms with Crippen molar-refractivity contribution in [1.82, 2.24) is 0 Å². The molecule has 1 aromatic heterocycles. The van der Waals surface area contributed by atoms with Crippen LogP contribution in [0.25, 0.3) is 0 Å². The molecule has 0 radical (unpaired) electrons. The Morgan fingerprint density at radius 3 is 2.60 bits per heavy atom. The van der Waals surface area contributed by atoms with Crippen LogP contribution in [0.3, 0.4) is 0 Å². The second-order valence-corrected chi connectivity index (χ2v) is 4.00. The van der Waals surface area contributed by atoms with Gasteiger partial charge in [-0.2, -0.15) is 11.3 Å². The Labute approximate surface area is 92.5 Å². The molecule has 0 amide bonds. The SMILES string of the molecule is O/N=C(\Cc1ccsc1)c1ccccc1. The summed E-state index contributed by atoms with van der Waals surface area (Å²) in [6.45, 7) is 0. The molecule has 0 spiro atoms. The van der Waals surface area contributed by atoms with Crippen molar-refractivity contribution in [3.8, 4) is 0 Å². The minimum Gasteiger partial charge on any atom is -0.411 e. The van der Waals surface area contributed by atoms with Gasteiger partial charge in [0.25, 0.3) is 0 Å². The monoisotopic (exact) mass is 217 g/mol. The van der Waals surface area contributed by atoms with Crippen LogP contribution in [0.4, 0.5) is 0 Å². The zero-order chi connectivity index (χ0) is 10.5. The first-order valence-corrected chi connectivity index (χ1v) is 5.62. The summed E-state index contributed by atoms with van der Waals surface area (Å²) >= 11 is 1.65. The molecule has 76 valence electrons. The summed E-state index contributed by atoms with van der Waals surface area (Å²) in [6, 6.07) is 11.8. The van der Waals surface area contributed by atoms with Gasteiger partial charge in [-0.3, -0.25) is 0 Å². The van der Waals surface area contributed by atoms with E-state index in [0.29, 0.717) is 12.1 Å². The minimum atomic E-state index is 0.671. The van der Waals surface area contributed by atoms with Gasteiger partial charge in [-0.25, -0.2) is 0 Å². The Morgan fingerprint density at radius 1 is 1.20 bits per heavy atom. The maximum Gasteiger partial charge on any atom is 0.0911 e. The molecule has 0 aliphatic carbocycles. The van der Waals surface area contributed by atoms with Crippen LogP contribution < -0.4 is 0 Å². The molecule has 0 unspecified atom stereocenters. The smallest absolute Gasteiger partial charge is 0.0911 e. The first kappa shape index (κ1) is 9.93. The topological polar surface area (TPSA) is 32.6 Å². The molecule has 0 saturated carbocycles. The summed E-state index contributed by atoms with van der Waals surface area (Å²) < 4.78 is 0. The van der Waals surface area contributed by atoms with E-state index in [2.05, 4.69) is 10.5 Å². The van der Waals surface area contributed by atoms with E-state index in [1.54, 1.807) is 11.3 Å². The lowest BCUT2D eigenvalue weighted by atomic mass is 10.0. The molecule has 0 atom stereocenters. The van der Waals surface area contributed by atoms with Crippen LogP contribution in [-0.2, 0) is 6.42 Å². The van der Waals surface area contributed by atoms with Gasteiger partial charge in [-0.15, -0.1) is 0 Å². The van der Waals surface area contributed by atoms with Crippen LogP contribution in [0.15, 0.2) is 52.3 Å². The van der Waals surface area contributed by atoms with Crippen LogP contribution in [0, 0.1) is 0 Å². The van der Waals surface area contributed by atoms with E-state index in [0.717, 1.165) is 5.56 Å². The first-order chi connectivity index (χ1) is 7.40. The molecule has 1 heterocycles. The van der Waals surface area contributed by atoms with Crippen LogP contribution in [0.1, 0.15) is 11.1 Å². The number of hydrogen-bond acceptors (Lipinski definition) is 3. The fourth-order valence-corrected chi connectivity index (χ4v) is 2.08. The van der Waals surface area contributed by atoms with E-state index >= 15 is 0 Å². The maximum absolute atomic E-state index is 8.97. The second kappa shape index (κ2) is 4.75. The molecule has 1 N–H and O–H groups in total. The average Bonchev–Trinajstić information content (AvgIpc) is 2.80. The Kier molecular flexibility index (Phi) is 3.15. The largest absolute Gasteiger partial charge is 0.411 e. The molecule has 0 fully saturated rings.